The van der Waals surface area contributed by atoms with Crippen molar-refractivity contribution in [2.24, 2.45) is 10.2 Å². The van der Waals surface area contributed by atoms with E-state index in [9.17, 15) is 13.6 Å². The number of nitrogens with zero attached hydrogens (tertiary/aromatic N) is 6. The van der Waals surface area contributed by atoms with E-state index in [2.05, 4.69) is 30.6 Å². The van der Waals surface area contributed by atoms with Gasteiger partial charge in [-0.3, -0.25) is 9.48 Å². The number of ether oxygens (including phenoxy) is 1. The molecule has 170 valence electrons. The van der Waals surface area contributed by atoms with Crippen molar-refractivity contribution in [1.29, 1.82) is 0 Å². The number of amides is 1. The fraction of sp³-hybridized carbons (Fsp3) is 0.333. The first-order valence-electron chi connectivity index (χ1n) is 10.4. The second-order valence-electron chi connectivity index (χ2n) is 7.62. The van der Waals surface area contributed by atoms with Crippen molar-refractivity contribution in [3.8, 4) is 11.4 Å². The van der Waals surface area contributed by atoms with E-state index in [1.165, 1.54) is 18.7 Å². The van der Waals surface area contributed by atoms with E-state index in [-0.39, 0.29) is 46.7 Å². The molecule has 0 saturated heterocycles. The van der Waals surface area contributed by atoms with Crippen molar-refractivity contribution < 1.29 is 22.7 Å². The number of carbonyl (C=O) groups is 1. The molecule has 0 radical (unpaired) electrons. The third kappa shape index (κ3) is 4.16. The van der Waals surface area contributed by atoms with Gasteiger partial charge in [0.05, 0.1) is 17.8 Å². The number of hydrogen-bond acceptors (Lipinski definition) is 8. The first-order chi connectivity index (χ1) is 16.0. The Morgan fingerprint density at radius 2 is 2.00 bits per heavy atom. The monoisotopic (exact) mass is 455 g/mol. The molecule has 2 aliphatic rings. The summed E-state index contributed by atoms with van der Waals surface area (Å²) in [5.41, 5.74) is -0.113. The highest BCUT2D eigenvalue weighted by atomic mass is 19.1. The molecular weight excluding hydrogens is 436 g/mol. The van der Waals surface area contributed by atoms with Crippen LogP contribution in [0.15, 0.2) is 39.2 Å². The summed E-state index contributed by atoms with van der Waals surface area (Å²) >= 11 is 0. The molecule has 0 spiro atoms. The van der Waals surface area contributed by atoms with Crippen molar-refractivity contribution in [1.82, 2.24) is 19.7 Å². The normalized spacial score (nSPS) is 19.7. The lowest BCUT2D eigenvalue weighted by atomic mass is 9.89. The van der Waals surface area contributed by atoms with Crippen LogP contribution in [0.5, 0.6) is 0 Å². The summed E-state index contributed by atoms with van der Waals surface area (Å²) in [6.07, 6.45) is 7.39. The van der Waals surface area contributed by atoms with Crippen LogP contribution in [0.4, 0.5) is 14.5 Å². The van der Waals surface area contributed by atoms with Gasteiger partial charge < -0.3 is 14.5 Å². The van der Waals surface area contributed by atoms with Gasteiger partial charge in [-0.2, -0.15) is 19.7 Å². The van der Waals surface area contributed by atoms with E-state index >= 15 is 0 Å². The summed E-state index contributed by atoms with van der Waals surface area (Å²) in [7, 11) is 0. The summed E-state index contributed by atoms with van der Waals surface area (Å²) in [5, 5.41) is 14.5. The highest BCUT2D eigenvalue weighted by Gasteiger charge is 2.33. The summed E-state index contributed by atoms with van der Waals surface area (Å²) < 4.78 is 40.8. The molecule has 4 heterocycles. The molecule has 1 N–H and O–H groups in total. The quantitative estimate of drug-likeness (QED) is 0.546. The minimum absolute atomic E-state index is 0.00201. The van der Waals surface area contributed by atoms with Gasteiger partial charge in [0.25, 0.3) is 5.91 Å². The van der Waals surface area contributed by atoms with E-state index < -0.39 is 17.7 Å². The van der Waals surface area contributed by atoms with Gasteiger partial charge in [0.2, 0.25) is 11.8 Å². The van der Waals surface area contributed by atoms with Crippen LogP contribution in [-0.2, 0) is 4.74 Å². The molecule has 1 saturated carbocycles. The topological polar surface area (TPSA) is 120 Å². The van der Waals surface area contributed by atoms with Crippen molar-refractivity contribution in [2.45, 2.75) is 37.8 Å². The largest absolute Gasteiger partial charge is 0.447 e. The predicted molar refractivity (Wildman–Crippen MR) is 113 cm³/mol. The van der Waals surface area contributed by atoms with Crippen LogP contribution in [0.3, 0.4) is 0 Å². The molecule has 0 atom stereocenters. The zero-order valence-corrected chi connectivity index (χ0v) is 17.5. The van der Waals surface area contributed by atoms with Crippen LogP contribution in [-0.4, -0.2) is 50.8 Å². The molecule has 33 heavy (non-hydrogen) atoms. The number of rotatable bonds is 7. The second-order valence-corrected chi connectivity index (χ2v) is 7.62. The van der Waals surface area contributed by atoms with E-state index in [0.29, 0.717) is 6.61 Å². The smallest absolute Gasteiger partial charge is 0.277 e. The number of anilines is 1. The minimum Gasteiger partial charge on any atom is -0.447 e. The zero-order valence-electron chi connectivity index (χ0n) is 17.5. The van der Waals surface area contributed by atoms with Crippen molar-refractivity contribution in [3.05, 3.63) is 47.9 Å². The molecule has 1 amide bonds. The maximum atomic E-state index is 14.5. The lowest BCUT2D eigenvalue weighted by Crippen LogP contribution is -2.33. The summed E-state index contributed by atoms with van der Waals surface area (Å²) in [6, 6.07) is 1.88. The Hall–Kier alpha value is -3.80. The number of oxazole rings is 1. The number of carbonyl (C=O) groups excluding carboxylic acids is 1. The van der Waals surface area contributed by atoms with Gasteiger partial charge in [0.1, 0.15) is 23.6 Å². The van der Waals surface area contributed by atoms with E-state index in [0.717, 1.165) is 25.0 Å². The molecule has 0 bridgehead atoms. The Morgan fingerprint density at radius 3 is 2.76 bits per heavy atom. The summed E-state index contributed by atoms with van der Waals surface area (Å²) in [4.78, 5) is 20.6. The summed E-state index contributed by atoms with van der Waals surface area (Å²) in [5.74, 6) is -2.32. The first-order valence-corrected chi connectivity index (χ1v) is 10.4. The lowest BCUT2D eigenvalue weighted by Gasteiger charge is -2.34. The molecule has 3 aromatic heterocycles. The number of nitrogens with one attached hydrogen (secondary N) is 1. The number of halogens is 2. The Balaban J connectivity index is 1.43. The Labute approximate surface area is 186 Å². The van der Waals surface area contributed by atoms with Crippen molar-refractivity contribution in [3.63, 3.8) is 0 Å². The van der Waals surface area contributed by atoms with Crippen LogP contribution >= 0.6 is 0 Å². The first kappa shape index (κ1) is 21.1. The van der Waals surface area contributed by atoms with Crippen LogP contribution in [0.25, 0.3) is 11.4 Å². The fourth-order valence-corrected chi connectivity index (χ4v) is 3.67. The standard InChI is InChI=1S/C21H19F2N7O3/c1-2-32-13-5-12(6-13)30-9-15(19(29-30)18-14(22)3-4-17(23)28-18)26-20(31)16-10-33-21(27-16)11-7-24-25-8-11/h3-4,7-13H,2,5-6H2,1H3,(H,26,31). The average molecular weight is 455 g/mol. The maximum Gasteiger partial charge on any atom is 0.277 e. The minimum atomic E-state index is -0.862. The second kappa shape index (κ2) is 8.62. The van der Waals surface area contributed by atoms with E-state index in [1.807, 2.05) is 6.92 Å². The van der Waals surface area contributed by atoms with Gasteiger partial charge in [-0.15, -0.1) is 0 Å². The maximum absolute atomic E-state index is 14.5. The van der Waals surface area contributed by atoms with Gasteiger partial charge in [0.15, 0.2) is 11.5 Å². The zero-order chi connectivity index (χ0) is 22.9. The van der Waals surface area contributed by atoms with Gasteiger partial charge in [-0.1, -0.05) is 0 Å². The number of aromatic nitrogens is 4. The van der Waals surface area contributed by atoms with E-state index in [4.69, 9.17) is 9.15 Å². The predicted octanol–water partition coefficient (Wildman–Crippen LogP) is 3.36. The van der Waals surface area contributed by atoms with Gasteiger partial charge in [-0.25, -0.2) is 14.4 Å². The molecule has 1 aliphatic carbocycles. The van der Waals surface area contributed by atoms with E-state index in [1.54, 1.807) is 10.9 Å². The Morgan fingerprint density at radius 1 is 1.21 bits per heavy atom. The van der Waals surface area contributed by atoms with Gasteiger partial charge >= 0.3 is 0 Å². The SMILES string of the molecule is CCOC1CC(n2cc(NC(=O)c3coc(C4C=NN=C4)n3)c(-c3nc(F)ccc3F)n2)C1. The summed E-state index contributed by atoms with van der Waals surface area (Å²) in [6.45, 7) is 2.53. The molecule has 0 aromatic carbocycles. The van der Waals surface area contributed by atoms with Crippen molar-refractivity contribution >= 4 is 24.0 Å². The third-order valence-electron chi connectivity index (χ3n) is 5.42. The highest BCUT2D eigenvalue weighted by molar-refractivity contribution is 6.04. The highest BCUT2D eigenvalue weighted by Crippen LogP contribution is 2.37. The molecule has 1 aliphatic heterocycles. The lowest BCUT2D eigenvalue weighted by molar-refractivity contribution is -0.0226. The number of pyridine rings is 1. The fourth-order valence-electron chi connectivity index (χ4n) is 3.67. The average Bonchev–Trinajstić information content (AvgIpc) is 3.52. The molecule has 3 aromatic rings. The number of hydrogen-bond donors (Lipinski definition) is 1. The van der Waals surface area contributed by atoms with Gasteiger partial charge in [-0.05, 0) is 31.9 Å². The van der Waals surface area contributed by atoms with Crippen LogP contribution < -0.4 is 5.32 Å². The molecule has 5 rings (SSSR count). The Bertz CT molecular complexity index is 1230. The van der Waals surface area contributed by atoms with Gasteiger partial charge in [0, 0.05) is 25.2 Å². The molecule has 1 fully saturated rings. The van der Waals surface area contributed by atoms with Crippen LogP contribution in [0, 0.1) is 11.8 Å². The molecular formula is C21H19F2N7O3. The molecule has 12 heteroatoms. The molecule has 0 unspecified atom stereocenters. The van der Waals surface area contributed by atoms with Crippen molar-refractivity contribution in [2.75, 3.05) is 11.9 Å². The van der Waals surface area contributed by atoms with Crippen LogP contribution in [0.2, 0.25) is 0 Å². The Kier molecular flexibility index (Phi) is 5.50. The molecule has 10 nitrogen and oxygen atoms in total. The third-order valence-corrected chi connectivity index (χ3v) is 5.42. The van der Waals surface area contributed by atoms with Crippen LogP contribution in [0.1, 0.15) is 48.1 Å².